The van der Waals surface area contributed by atoms with Gasteiger partial charge < -0.3 is 5.32 Å². The molecule has 0 aromatic rings. The largest absolute Gasteiger partial charge is 0.314 e. The summed E-state index contributed by atoms with van der Waals surface area (Å²) in [6, 6.07) is 1.69. The summed E-state index contributed by atoms with van der Waals surface area (Å²) in [6.45, 7) is 14.9. The number of nitrogens with zero attached hydrogens (tertiary/aromatic N) is 2. The monoisotopic (exact) mass is 251 g/mol. The maximum absolute atomic E-state index is 3.39. The Kier molecular flexibility index (Phi) is 3.41. The fraction of sp³-hybridized carbons (Fsp3) is 1.00. The Balaban J connectivity index is 1.53. The maximum Gasteiger partial charge on any atom is 0.0346 e. The van der Waals surface area contributed by atoms with E-state index < -0.39 is 0 Å². The Morgan fingerprint density at radius 2 is 1.56 bits per heavy atom. The molecule has 3 aliphatic rings. The maximum atomic E-state index is 3.39. The highest BCUT2D eigenvalue weighted by atomic mass is 15.3. The fourth-order valence-corrected chi connectivity index (χ4v) is 4.31. The first-order chi connectivity index (χ1) is 8.55. The highest BCUT2D eigenvalue weighted by Gasteiger charge is 2.40. The lowest BCUT2D eigenvalue weighted by Crippen LogP contribution is -2.62. The van der Waals surface area contributed by atoms with Crippen LogP contribution < -0.4 is 5.32 Å². The van der Waals surface area contributed by atoms with Crippen molar-refractivity contribution in [3.8, 4) is 0 Å². The van der Waals surface area contributed by atoms with Crippen LogP contribution >= 0.6 is 0 Å². The first kappa shape index (κ1) is 12.9. The summed E-state index contributed by atoms with van der Waals surface area (Å²) in [4.78, 5) is 5.47. The van der Waals surface area contributed by atoms with E-state index in [-0.39, 0.29) is 0 Å². The van der Waals surface area contributed by atoms with E-state index in [1.807, 2.05) is 0 Å². The minimum absolute atomic E-state index is 0.569. The molecule has 18 heavy (non-hydrogen) atoms. The summed E-state index contributed by atoms with van der Waals surface area (Å²) >= 11 is 0. The molecule has 3 heteroatoms. The van der Waals surface area contributed by atoms with Gasteiger partial charge in [0.25, 0.3) is 0 Å². The minimum Gasteiger partial charge on any atom is -0.314 e. The number of nitrogens with one attached hydrogen (secondary N) is 1. The molecular formula is C15H29N3. The van der Waals surface area contributed by atoms with Crippen LogP contribution in [0.3, 0.4) is 0 Å². The Bertz CT molecular complexity index is 290. The highest BCUT2D eigenvalue weighted by molar-refractivity contribution is 4.95. The number of hydrogen-bond donors (Lipinski definition) is 1. The molecule has 104 valence electrons. The lowest BCUT2D eigenvalue weighted by Gasteiger charge is -2.45. The van der Waals surface area contributed by atoms with Crippen LogP contribution in [0.4, 0.5) is 0 Å². The fourth-order valence-electron chi connectivity index (χ4n) is 4.31. The van der Waals surface area contributed by atoms with Crippen LogP contribution in [-0.4, -0.2) is 61.2 Å². The smallest absolute Gasteiger partial charge is 0.0346 e. The molecule has 0 aromatic heterocycles. The summed E-state index contributed by atoms with van der Waals surface area (Å²) in [6.07, 6.45) is 2.81. The molecule has 0 bridgehead atoms. The van der Waals surface area contributed by atoms with Crippen molar-refractivity contribution in [2.45, 2.75) is 45.7 Å². The Labute approximate surface area is 112 Å². The van der Waals surface area contributed by atoms with Gasteiger partial charge >= 0.3 is 0 Å². The van der Waals surface area contributed by atoms with Gasteiger partial charge in [-0.3, -0.25) is 9.80 Å². The van der Waals surface area contributed by atoms with Gasteiger partial charge in [-0.2, -0.15) is 0 Å². The molecule has 0 radical (unpaired) electrons. The van der Waals surface area contributed by atoms with Crippen LogP contribution in [-0.2, 0) is 0 Å². The van der Waals surface area contributed by atoms with Gasteiger partial charge in [-0.05, 0) is 24.2 Å². The lowest BCUT2D eigenvalue weighted by molar-refractivity contribution is 0.0425. The van der Waals surface area contributed by atoms with Gasteiger partial charge in [-0.25, -0.2) is 0 Å². The zero-order chi connectivity index (χ0) is 12.8. The third-order valence-corrected chi connectivity index (χ3v) is 5.39. The van der Waals surface area contributed by atoms with Crippen molar-refractivity contribution in [1.82, 2.24) is 15.1 Å². The van der Waals surface area contributed by atoms with Gasteiger partial charge in [0, 0.05) is 51.4 Å². The third-order valence-electron chi connectivity index (χ3n) is 5.39. The first-order valence-corrected chi connectivity index (χ1v) is 7.74. The van der Waals surface area contributed by atoms with Crippen LogP contribution in [0.1, 0.15) is 33.6 Å². The van der Waals surface area contributed by atoms with Crippen molar-refractivity contribution < 1.29 is 0 Å². The Morgan fingerprint density at radius 3 is 2.00 bits per heavy atom. The summed E-state index contributed by atoms with van der Waals surface area (Å²) in [7, 11) is 0. The first-order valence-electron chi connectivity index (χ1n) is 7.74. The van der Waals surface area contributed by atoms with E-state index in [9.17, 15) is 0 Å². The Hall–Kier alpha value is -0.120. The molecule has 2 heterocycles. The van der Waals surface area contributed by atoms with Gasteiger partial charge in [0.15, 0.2) is 0 Å². The van der Waals surface area contributed by atoms with Crippen LogP contribution in [0.25, 0.3) is 0 Å². The molecule has 0 spiro atoms. The molecule has 0 aromatic carbocycles. The van der Waals surface area contributed by atoms with Crippen LogP contribution in [0.5, 0.6) is 0 Å². The predicted octanol–water partition coefficient (Wildman–Crippen LogP) is 1.40. The average molecular weight is 251 g/mol. The predicted molar refractivity (Wildman–Crippen MR) is 75.8 cm³/mol. The van der Waals surface area contributed by atoms with Crippen molar-refractivity contribution in [3.05, 3.63) is 0 Å². The van der Waals surface area contributed by atoms with Crippen molar-refractivity contribution in [2.75, 3.05) is 39.3 Å². The van der Waals surface area contributed by atoms with E-state index in [1.54, 1.807) is 0 Å². The van der Waals surface area contributed by atoms with E-state index in [4.69, 9.17) is 0 Å². The van der Waals surface area contributed by atoms with Gasteiger partial charge in [0.1, 0.15) is 0 Å². The van der Waals surface area contributed by atoms with Crippen molar-refractivity contribution in [1.29, 1.82) is 0 Å². The number of piperazine rings is 1. The molecule has 0 amide bonds. The van der Waals surface area contributed by atoms with E-state index >= 15 is 0 Å². The van der Waals surface area contributed by atoms with E-state index in [0.29, 0.717) is 5.41 Å². The molecule has 2 saturated heterocycles. The lowest BCUT2D eigenvalue weighted by atomic mass is 9.91. The van der Waals surface area contributed by atoms with Gasteiger partial charge in [0.2, 0.25) is 0 Å². The van der Waals surface area contributed by atoms with E-state index in [2.05, 4.69) is 35.9 Å². The van der Waals surface area contributed by atoms with Crippen molar-refractivity contribution >= 4 is 0 Å². The zero-order valence-corrected chi connectivity index (χ0v) is 12.3. The molecule has 2 unspecified atom stereocenters. The molecule has 3 rings (SSSR count). The summed E-state index contributed by atoms with van der Waals surface area (Å²) in [5.74, 6) is 0.886. The summed E-state index contributed by atoms with van der Waals surface area (Å²) in [5.41, 5.74) is 0.569. The molecule has 1 aliphatic carbocycles. The molecule has 1 N–H and O–H groups in total. The standard InChI is InChI=1S/C15H29N3/c1-12-8-15(2,3)9-14(12)18-6-4-17(5-7-18)13-10-16-11-13/h12-14,16H,4-11H2,1-3H3. The molecule has 2 atom stereocenters. The molecule has 3 fully saturated rings. The zero-order valence-electron chi connectivity index (χ0n) is 12.3. The quantitative estimate of drug-likeness (QED) is 0.800. The number of rotatable bonds is 2. The molecular weight excluding hydrogens is 222 g/mol. The SMILES string of the molecule is CC1CC(C)(C)CC1N1CCN(C2CNC2)CC1. The number of hydrogen-bond acceptors (Lipinski definition) is 3. The molecule has 1 saturated carbocycles. The highest BCUT2D eigenvalue weighted by Crippen LogP contribution is 2.43. The van der Waals surface area contributed by atoms with Gasteiger partial charge in [0.05, 0.1) is 0 Å². The summed E-state index contributed by atoms with van der Waals surface area (Å²) in [5, 5.41) is 3.39. The van der Waals surface area contributed by atoms with E-state index in [0.717, 1.165) is 18.0 Å². The van der Waals surface area contributed by atoms with Gasteiger partial charge in [-0.15, -0.1) is 0 Å². The topological polar surface area (TPSA) is 18.5 Å². The second-order valence-corrected chi connectivity index (χ2v) is 7.50. The van der Waals surface area contributed by atoms with E-state index in [1.165, 1.54) is 52.1 Å². The Morgan fingerprint density at radius 1 is 0.944 bits per heavy atom. The minimum atomic E-state index is 0.569. The molecule has 2 aliphatic heterocycles. The van der Waals surface area contributed by atoms with Crippen LogP contribution in [0.2, 0.25) is 0 Å². The van der Waals surface area contributed by atoms with Crippen LogP contribution in [0, 0.1) is 11.3 Å². The van der Waals surface area contributed by atoms with Crippen LogP contribution in [0.15, 0.2) is 0 Å². The second-order valence-electron chi connectivity index (χ2n) is 7.50. The second kappa shape index (κ2) is 4.77. The third kappa shape index (κ3) is 2.45. The normalized spacial score (nSPS) is 38.8. The van der Waals surface area contributed by atoms with Gasteiger partial charge in [-0.1, -0.05) is 20.8 Å². The van der Waals surface area contributed by atoms with Crippen molar-refractivity contribution in [2.24, 2.45) is 11.3 Å². The van der Waals surface area contributed by atoms with Crippen molar-refractivity contribution in [3.63, 3.8) is 0 Å². The molecule has 3 nitrogen and oxygen atoms in total. The average Bonchev–Trinajstić information content (AvgIpc) is 2.51. The summed E-state index contributed by atoms with van der Waals surface area (Å²) < 4.78 is 0.